The van der Waals surface area contributed by atoms with Gasteiger partial charge in [-0.2, -0.15) is 4.31 Å². The zero-order chi connectivity index (χ0) is 26.1. The molecule has 1 aliphatic carbocycles. The van der Waals surface area contributed by atoms with Crippen LogP contribution in [0.4, 0.5) is 0 Å². The first kappa shape index (κ1) is 27.4. The maximum atomic E-state index is 13.4. The van der Waals surface area contributed by atoms with Gasteiger partial charge in [-0.1, -0.05) is 61.4 Å². The third-order valence-electron chi connectivity index (χ3n) is 6.80. The number of rotatable bonds is 13. The number of hydrogen-bond acceptors (Lipinski definition) is 6. The van der Waals surface area contributed by atoms with Crippen molar-refractivity contribution in [2.24, 2.45) is 5.92 Å². The lowest BCUT2D eigenvalue weighted by Crippen LogP contribution is -2.46. The molecular weight excluding hydrogens is 506 g/mol. The van der Waals surface area contributed by atoms with Gasteiger partial charge in [0.2, 0.25) is 10.0 Å². The van der Waals surface area contributed by atoms with Gasteiger partial charge in [-0.15, -0.1) is 11.3 Å². The monoisotopic (exact) mass is 541 g/mol. The lowest BCUT2D eigenvalue weighted by Gasteiger charge is -2.30. The number of aromatic nitrogens is 1. The number of benzene rings is 2. The first-order valence-electron chi connectivity index (χ1n) is 12.8. The van der Waals surface area contributed by atoms with Crippen LogP contribution < -0.4 is 0 Å². The predicted octanol–water partition coefficient (Wildman–Crippen LogP) is 4.21. The Morgan fingerprint density at radius 2 is 1.70 bits per heavy atom. The Kier molecular flexibility index (Phi) is 9.85. The molecule has 9 heteroatoms. The Morgan fingerprint density at radius 3 is 2.35 bits per heavy atom. The molecule has 1 atom stereocenters. The fourth-order valence-corrected chi connectivity index (χ4v) is 7.41. The van der Waals surface area contributed by atoms with Crippen LogP contribution in [0, 0.1) is 5.92 Å². The molecule has 7 nitrogen and oxygen atoms in total. The molecule has 0 bridgehead atoms. The first-order chi connectivity index (χ1) is 17.9. The maximum absolute atomic E-state index is 13.4. The third-order valence-corrected chi connectivity index (χ3v) is 9.53. The highest BCUT2D eigenvalue weighted by Gasteiger charge is 2.30. The molecule has 1 amide bonds. The van der Waals surface area contributed by atoms with E-state index in [0.29, 0.717) is 35.9 Å². The minimum atomic E-state index is -3.65. The smallest absolute Gasteiger partial charge is 0.253 e. The van der Waals surface area contributed by atoms with Gasteiger partial charge in [0.25, 0.3) is 5.91 Å². The quantitative estimate of drug-likeness (QED) is 0.350. The van der Waals surface area contributed by atoms with E-state index >= 15 is 0 Å². The molecule has 1 saturated carbocycles. The van der Waals surface area contributed by atoms with E-state index in [1.54, 1.807) is 28.7 Å². The van der Waals surface area contributed by atoms with Crippen LogP contribution in [-0.2, 0) is 22.2 Å². The molecule has 1 aliphatic rings. The molecule has 1 N–H and O–H groups in total. The van der Waals surface area contributed by atoms with Crippen LogP contribution in [-0.4, -0.2) is 65.9 Å². The Bertz CT molecular complexity index is 1200. The number of aliphatic hydroxyl groups excluding tert-OH is 1. The van der Waals surface area contributed by atoms with Gasteiger partial charge in [-0.05, 0) is 42.9 Å². The van der Waals surface area contributed by atoms with Crippen molar-refractivity contribution in [3.05, 3.63) is 88.4 Å². The van der Waals surface area contributed by atoms with E-state index in [4.69, 9.17) is 0 Å². The van der Waals surface area contributed by atoms with Crippen LogP contribution in [0.25, 0.3) is 0 Å². The summed E-state index contributed by atoms with van der Waals surface area (Å²) < 4.78 is 28.2. The van der Waals surface area contributed by atoms with Gasteiger partial charge < -0.3 is 10.0 Å². The molecule has 3 aromatic rings. The van der Waals surface area contributed by atoms with Crippen LogP contribution in [0.1, 0.15) is 46.5 Å². The predicted molar refractivity (Wildman–Crippen MR) is 147 cm³/mol. The van der Waals surface area contributed by atoms with Gasteiger partial charge in [0.15, 0.2) is 0 Å². The second-order valence-electron chi connectivity index (χ2n) is 9.70. The molecule has 1 aromatic heterocycles. The number of nitrogens with zero attached hydrogens (tertiary/aromatic N) is 3. The fraction of sp³-hybridized carbons (Fsp3) is 0.429. The Hall–Kier alpha value is -2.59. The number of carbonyl (C=O) groups is 1. The van der Waals surface area contributed by atoms with Crippen molar-refractivity contribution >= 4 is 27.3 Å². The van der Waals surface area contributed by atoms with E-state index in [0.717, 1.165) is 31.2 Å². The SMILES string of the molecule is O=C(c1ccccc1)N(CCc1ccccc1)C[C@H](O)CN(CC1CCCC1)S(=O)(=O)Cc1cncs1. The maximum Gasteiger partial charge on any atom is 0.253 e. The summed E-state index contributed by atoms with van der Waals surface area (Å²) in [7, 11) is -3.65. The van der Waals surface area contributed by atoms with Crippen LogP contribution in [0.5, 0.6) is 0 Å². The van der Waals surface area contributed by atoms with Gasteiger partial charge in [0, 0.05) is 42.8 Å². The molecule has 37 heavy (non-hydrogen) atoms. The van der Waals surface area contributed by atoms with Crippen molar-refractivity contribution in [3.8, 4) is 0 Å². The fourth-order valence-electron chi connectivity index (χ4n) is 4.86. The lowest BCUT2D eigenvalue weighted by molar-refractivity contribution is 0.0584. The van der Waals surface area contributed by atoms with Gasteiger partial charge in [0.05, 0.1) is 11.6 Å². The number of hydrogen-bond donors (Lipinski definition) is 1. The van der Waals surface area contributed by atoms with E-state index in [-0.39, 0.29) is 24.7 Å². The molecule has 0 unspecified atom stereocenters. The molecule has 0 aliphatic heterocycles. The summed E-state index contributed by atoms with van der Waals surface area (Å²) in [4.78, 5) is 19.7. The number of aliphatic hydroxyl groups is 1. The average Bonchev–Trinajstić information content (AvgIpc) is 3.61. The van der Waals surface area contributed by atoms with Crippen molar-refractivity contribution in [2.45, 2.75) is 44.0 Å². The van der Waals surface area contributed by atoms with Crippen LogP contribution >= 0.6 is 11.3 Å². The Labute approximate surface area is 223 Å². The number of amides is 1. The van der Waals surface area contributed by atoms with E-state index < -0.39 is 16.1 Å². The Morgan fingerprint density at radius 1 is 1.03 bits per heavy atom. The highest BCUT2D eigenvalue weighted by Crippen LogP contribution is 2.27. The first-order valence-corrected chi connectivity index (χ1v) is 15.3. The summed E-state index contributed by atoms with van der Waals surface area (Å²) in [6, 6.07) is 18.9. The summed E-state index contributed by atoms with van der Waals surface area (Å²) in [6.07, 6.45) is 5.42. The molecule has 4 rings (SSSR count). The van der Waals surface area contributed by atoms with E-state index in [1.807, 2.05) is 48.5 Å². The normalized spacial score (nSPS) is 15.2. The highest BCUT2D eigenvalue weighted by molar-refractivity contribution is 7.88. The second-order valence-corrected chi connectivity index (χ2v) is 12.6. The minimum absolute atomic E-state index is 0.0401. The van der Waals surface area contributed by atoms with Crippen molar-refractivity contribution in [3.63, 3.8) is 0 Å². The van der Waals surface area contributed by atoms with E-state index in [1.165, 1.54) is 15.6 Å². The molecule has 1 fully saturated rings. The third kappa shape index (κ3) is 8.20. The zero-order valence-electron chi connectivity index (χ0n) is 21.0. The summed E-state index contributed by atoms with van der Waals surface area (Å²) in [5.41, 5.74) is 3.27. The minimum Gasteiger partial charge on any atom is -0.390 e. The van der Waals surface area contributed by atoms with E-state index in [2.05, 4.69) is 4.98 Å². The van der Waals surface area contributed by atoms with Gasteiger partial charge in [-0.25, -0.2) is 8.42 Å². The van der Waals surface area contributed by atoms with Crippen LogP contribution in [0.3, 0.4) is 0 Å². The molecule has 0 saturated heterocycles. The van der Waals surface area contributed by atoms with Crippen LogP contribution in [0.15, 0.2) is 72.4 Å². The Balaban J connectivity index is 1.48. The lowest BCUT2D eigenvalue weighted by atomic mass is 10.1. The molecule has 1 heterocycles. The zero-order valence-corrected chi connectivity index (χ0v) is 22.6. The molecule has 0 radical (unpaired) electrons. The number of sulfonamides is 1. The largest absolute Gasteiger partial charge is 0.390 e. The summed E-state index contributed by atoms with van der Waals surface area (Å²) >= 11 is 1.31. The van der Waals surface area contributed by atoms with Crippen LogP contribution in [0.2, 0.25) is 0 Å². The second kappa shape index (κ2) is 13.3. The molecular formula is C28H35N3O4S2. The van der Waals surface area contributed by atoms with Gasteiger partial charge >= 0.3 is 0 Å². The summed E-state index contributed by atoms with van der Waals surface area (Å²) in [6.45, 7) is 0.833. The van der Waals surface area contributed by atoms with Crippen molar-refractivity contribution in [1.82, 2.24) is 14.2 Å². The molecule has 2 aromatic carbocycles. The number of thiazole rings is 1. The molecule has 0 spiro atoms. The average molecular weight is 542 g/mol. The van der Waals surface area contributed by atoms with Crippen molar-refractivity contribution < 1.29 is 18.3 Å². The topological polar surface area (TPSA) is 90.8 Å². The van der Waals surface area contributed by atoms with Crippen molar-refractivity contribution in [1.29, 1.82) is 0 Å². The molecule has 198 valence electrons. The summed E-state index contributed by atoms with van der Waals surface area (Å²) in [5, 5.41) is 11.1. The number of carbonyl (C=O) groups excluding carboxylic acids is 1. The highest BCUT2D eigenvalue weighted by atomic mass is 32.2. The van der Waals surface area contributed by atoms with Crippen molar-refractivity contribution in [2.75, 3.05) is 26.2 Å². The van der Waals surface area contributed by atoms with Gasteiger partial charge in [0.1, 0.15) is 5.75 Å². The van der Waals surface area contributed by atoms with E-state index in [9.17, 15) is 18.3 Å². The summed E-state index contributed by atoms with van der Waals surface area (Å²) in [5.74, 6) is -0.00775. The standard InChI is InChI=1S/C28H35N3O4S2/c32-26(20-31(18-24-11-7-8-12-24)37(34,35)21-27-17-29-22-36-27)19-30(16-15-23-9-3-1-4-10-23)28(33)25-13-5-2-6-14-25/h1-6,9-10,13-14,17,22,24,26,32H,7-8,11-12,15-16,18-21H2/t26-/m0/s1. The van der Waals surface area contributed by atoms with Gasteiger partial charge in [-0.3, -0.25) is 9.78 Å².